The van der Waals surface area contributed by atoms with Gasteiger partial charge >= 0.3 is 6.03 Å². The van der Waals surface area contributed by atoms with Crippen molar-refractivity contribution in [3.05, 3.63) is 78.5 Å². The molecule has 2 N–H and O–H groups in total. The average Bonchev–Trinajstić information content (AvgIpc) is 2.93. The number of rotatable bonds is 13. The fourth-order valence-electron chi connectivity index (χ4n) is 3.58. The number of carbonyl (C=O) groups is 1. The van der Waals surface area contributed by atoms with E-state index >= 15 is 0 Å². The summed E-state index contributed by atoms with van der Waals surface area (Å²) in [5.74, 6) is 1.08. The summed E-state index contributed by atoms with van der Waals surface area (Å²) >= 11 is 0. The number of hydrogen-bond acceptors (Lipinski definition) is 7. The molecule has 0 saturated heterocycles. The van der Waals surface area contributed by atoms with E-state index in [0.29, 0.717) is 41.6 Å². The largest absolute Gasteiger partial charge is 0.467 e. The normalized spacial score (nSPS) is 10.8. The molecular formula is C28H31N5O4. The second-order valence-electron chi connectivity index (χ2n) is 8.22. The van der Waals surface area contributed by atoms with Crippen molar-refractivity contribution in [3.63, 3.8) is 0 Å². The first kappa shape index (κ1) is 26.0. The topological polar surface area (TPSA) is 107 Å². The number of unbranched alkanes of at least 4 members (excludes halogenated alkanes) is 1. The van der Waals surface area contributed by atoms with E-state index in [1.165, 1.54) is 5.56 Å². The molecule has 0 fully saturated rings. The summed E-state index contributed by atoms with van der Waals surface area (Å²) in [4.78, 5) is 25.9. The van der Waals surface area contributed by atoms with Gasteiger partial charge in [0.25, 0.3) is 0 Å². The van der Waals surface area contributed by atoms with Crippen molar-refractivity contribution in [1.29, 1.82) is 0 Å². The summed E-state index contributed by atoms with van der Waals surface area (Å²) in [6.45, 7) is 3.39. The number of fused-ring (bicyclic) bond motifs is 1. The molecule has 37 heavy (non-hydrogen) atoms. The average molecular weight is 502 g/mol. The van der Waals surface area contributed by atoms with E-state index in [9.17, 15) is 4.79 Å². The number of hydrogen-bond donors (Lipinski definition) is 2. The fourth-order valence-corrected chi connectivity index (χ4v) is 3.58. The third-order valence-electron chi connectivity index (χ3n) is 5.50. The van der Waals surface area contributed by atoms with Crippen molar-refractivity contribution in [2.24, 2.45) is 0 Å². The van der Waals surface area contributed by atoms with E-state index in [2.05, 4.69) is 37.7 Å². The highest BCUT2D eigenvalue weighted by atomic mass is 16.7. The van der Waals surface area contributed by atoms with Crippen LogP contribution in [0.15, 0.2) is 72.9 Å². The highest BCUT2D eigenvalue weighted by Crippen LogP contribution is 2.22. The Bertz CT molecular complexity index is 1270. The first-order chi connectivity index (χ1) is 18.2. The van der Waals surface area contributed by atoms with Crippen LogP contribution in [0.5, 0.6) is 5.75 Å². The molecule has 0 spiro atoms. The molecule has 2 heterocycles. The predicted octanol–water partition coefficient (Wildman–Crippen LogP) is 5.18. The first-order valence-corrected chi connectivity index (χ1v) is 12.3. The molecule has 4 rings (SSSR count). The number of ether oxygens (including phenoxy) is 3. The predicted molar refractivity (Wildman–Crippen MR) is 142 cm³/mol. The van der Waals surface area contributed by atoms with Gasteiger partial charge < -0.3 is 19.5 Å². The lowest BCUT2D eigenvalue weighted by Gasteiger charge is -2.09. The maximum atomic E-state index is 12.3. The summed E-state index contributed by atoms with van der Waals surface area (Å²) in [5.41, 5.74) is 3.93. The molecule has 2 amide bonds. The van der Waals surface area contributed by atoms with Crippen molar-refractivity contribution < 1.29 is 19.0 Å². The van der Waals surface area contributed by atoms with Crippen molar-refractivity contribution in [1.82, 2.24) is 20.3 Å². The monoisotopic (exact) mass is 501 g/mol. The minimum Gasteiger partial charge on any atom is -0.467 e. The lowest BCUT2D eigenvalue weighted by Crippen LogP contribution is -2.29. The van der Waals surface area contributed by atoms with Gasteiger partial charge in [0.1, 0.15) is 17.1 Å². The van der Waals surface area contributed by atoms with E-state index in [-0.39, 0.29) is 19.6 Å². The first-order valence-electron chi connectivity index (χ1n) is 12.3. The van der Waals surface area contributed by atoms with Gasteiger partial charge in [-0.1, -0.05) is 30.3 Å². The second kappa shape index (κ2) is 13.9. The van der Waals surface area contributed by atoms with E-state index in [0.717, 1.165) is 24.8 Å². The highest BCUT2D eigenvalue weighted by Gasteiger charge is 2.08. The number of nitrogens with zero attached hydrogens (tertiary/aromatic N) is 3. The maximum absolute atomic E-state index is 12.3. The third-order valence-corrected chi connectivity index (χ3v) is 5.50. The fraction of sp³-hybridized carbons (Fsp3) is 0.286. The molecule has 0 unspecified atom stereocenters. The lowest BCUT2D eigenvalue weighted by molar-refractivity contribution is -0.0960. The molecule has 2 aromatic heterocycles. The molecule has 0 saturated carbocycles. The van der Waals surface area contributed by atoms with Crippen LogP contribution in [0, 0.1) is 0 Å². The Labute approximate surface area is 216 Å². The Kier molecular flexibility index (Phi) is 9.74. The van der Waals surface area contributed by atoms with Gasteiger partial charge in [-0.3, -0.25) is 10.3 Å². The lowest BCUT2D eigenvalue weighted by atomic mass is 10.1. The van der Waals surface area contributed by atoms with E-state index in [1.54, 1.807) is 18.3 Å². The van der Waals surface area contributed by atoms with Crippen LogP contribution in [0.2, 0.25) is 0 Å². The van der Waals surface area contributed by atoms with Gasteiger partial charge in [-0.2, -0.15) is 0 Å². The molecule has 0 bridgehead atoms. The molecule has 9 nitrogen and oxygen atoms in total. The van der Waals surface area contributed by atoms with Crippen LogP contribution in [0.25, 0.3) is 22.4 Å². The molecule has 2 aromatic carbocycles. The highest BCUT2D eigenvalue weighted by molar-refractivity contribution is 5.89. The van der Waals surface area contributed by atoms with Gasteiger partial charge in [0.2, 0.25) is 0 Å². The third kappa shape index (κ3) is 8.23. The number of urea groups is 1. The Balaban J connectivity index is 1.28. The van der Waals surface area contributed by atoms with Gasteiger partial charge in [-0.05, 0) is 68.1 Å². The zero-order valence-corrected chi connectivity index (χ0v) is 20.9. The number of amides is 2. The maximum Gasteiger partial charge on any atom is 0.320 e. The van der Waals surface area contributed by atoms with Crippen LogP contribution in [0.3, 0.4) is 0 Å². The summed E-state index contributed by atoms with van der Waals surface area (Å²) in [7, 11) is 0. The van der Waals surface area contributed by atoms with Crippen molar-refractivity contribution in [2.45, 2.75) is 26.2 Å². The molecule has 192 valence electrons. The summed E-state index contributed by atoms with van der Waals surface area (Å²) in [5, 5.41) is 5.65. The van der Waals surface area contributed by atoms with E-state index < -0.39 is 0 Å². The Hall–Kier alpha value is -4.08. The van der Waals surface area contributed by atoms with Crippen molar-refractivity contribution in [2.75, 3.05) is 32.1 Å². The zero-order valence-electron chi connectivity index (χ0n) is 20.9. The number of carbonyl (C=O) groups excluding carboxylic acids is 1. The van der Waals surface area contributed by atoms with Crippen LogP contribution >= 0.6 is 0 Å². The number of aromatic nitrogens is 3. The molecule has 4 aromatic rings. The van der Waals surface area contributed by atoms with Crippen LogP contribution in [0.4, 0.5) is 10.6 Å². The van der Waals surface area contributed by atoms with E-state index in [1.807, 2.05) is 49.4 Å². The number of pyridine rings is 1. The van der Waals surface area contributed by atoms with Gasteiger partial charge in [0.05, 0.1) is 11.9 Å². The smallest absolute Gasteiger partial charge is 0.320 e. The molecule has 9 heteroatoms. The molecule has 0 atom stereocenters. The van der Waals surface area contributed by atoms with E-state index in [4.69, 9.17) is 14.2 Å². The van der Waals surface area contributed by atoms with Gasteiger partial charge in [0.15, 0.2) is 19.2 Å². The van der Waals surface area contributed by atoms with Crippen LogP contribution < -0.4 is 15.4 Å². The number of aryl methyl sites for hydroxylation is 1. The quantitative estimate of drug-likeness (QED) is 0.192. The molecule has 0 aliphatic carbocycles. The van der Waals surface area contributed by atoms with Gasteiger partial charge in [0, 0.05) is 18.7 Å². The summed E-state index contributed by atoms with van der Waals surface area (Å²) < 4.78 is 15.9. The Morgan fingerprint density at radius 1 is 0.892 bits per heavy atom. The number of benzene rings is 2. The summed E-state index contributed by atoms with van der Waals surface area (Å²) in [6.07, 6.45) is 4.59. The van der Waals surface area contributed by atoms with Crippen molar-refractivity contribution in [3.8, 4) is 17.0 Å². The van der Waals surface area contributed by atoms with Crippen LogP contribution in [-0.2, 0) is 15.9 Å². The molecule has 0 radical (unpaired) electrons. The second-order valence-corrected chi connectivity index (χ2v) is 8.22. The Morgan fingerprint density at radius 3 is 2.54 bits per heavy atom. The summed E-state index contributed by atoms with van der Waals surface area (Å²) in [6, 6.07) is 21.0. The zero-order chi connectivity index (χ0) is 25.7. The number of anilines is 1. The minimum atomic E-state index is -0.295. The van der Waals surface area contributed by atoms with Gasteiger partial charge in [-0.25, -0.2) is 14.8 Å². The standard InChI is InChI=1S/C28H31N5O4/c1-2-35-19-36-20-37-23-13-11-22(12-14-23)25-18-30-24-15-16-26(32-27(24)31-25)33-28(34)29-17-7-6-10-21-8-4-3-5-9-21/h3-5,8-9,11-16,18H,2,6-7,10,17,19-20H2,1H3,(H2,29,31,32,33,34). The van der Waals surface area contributed by atoms with Crippen molar-refractivity contribution >= 4 is 23.0 Å². The SMILES string of the molecule is CCOCOCOc1ccc(-c2cnc3ccc(NC(=O)NCCCCc4ccccc4)nc3n2)cc1. The van der Waals surface area contributed by atoms with Crippen LogP contribution in [0.1, 0.15) is 25.3 Å². The molecular weight excluding hydrogens is 470 g/mol. The van der Waals surface area contributed by atoms with Crippen LogP contribution in [-0.4, -0.2) is 47.7 Å². The molecule has 0 aliphatic rings. The minimum absolute atomic E-state index is 0.107. The Morgan fingerprint density at radius 2 is 1.73 bits per heavy atom. The number of nitrogens with one attached hydrogen (secondary N) is 2. The van der Waals surface area contributed by atoms with Gasteiger partial charge in [-0.15, -0.1) is 0 Å². The molecule has 0 aliphatic heterocycles.